The molecule has 1 saturated heterocycles. The quantitative estimate of drug-likeness (QED) is 0.576. The summed E-state index contributed by atoms with van der Waals surface area (Å²) < 4.78 is 53.5. The van der Waals surface area contributed by atoms with E-state index in [9.17, 15) is 16.8 Å². The zero-order chi connectivity index (χ0) is 17.4. The van der Waals surface area contributed by atoms with E-state index in [0.717, 1.165) is 10.6 Å². The maximum Gasteiger partial charge on any atom is 0.265 e. The molecule has 1 heterocycles. The minimum absolute atomic E-state index is 0.0706. The predicted molar refractivity (Wildman–Crippen MR) is 83.8 cm³/mol. The minimum Gasteiger partial charge on any atom is -0.261 e. The molecule has 1 aliphatic heterocycles. The van der Waals surface area contributed by atoms with Crippen molar-refractivity contribution in [3.8, 4) is 6.07 Å². The second-order valence-corrected chi connectivity index (χ2v) is 8.92. The van der Waals surface area contributed by atoms with Crippen LogP contribution in [0.25, 0.3) is 0 Å². The lowest BCUT2D eigenvalue weighted by Gasteiger charge is -2.17. The Morgan fingerprint density at radius 2 is 2.04 bits per heavy atom. The fourth-order valence-corrected chi connectivity index (χ4v) is 4.70. The van der Waals surface area contributed by atoms with Gasteiger partial charge in [0.15, 0.2) is 0 Å². The molecule has 1 aromatic rings. The fraction of sp³-hybridized carbons (Fsp3) is 0.308. The van der Waals surface area contributed by atoms with Crippen molar-refractivity contribution >= 4 is 31.7 Å². The van der Waals surface area contributed by atoms with E-state index in [1.54, 1.807) is 0 Å². The highest BCUT2D eigenvalue weighted by Gasteiger charge is 2.37. The number of nitrogens with zero attached hydrogens (tertiary/aromatic N) is 2. The van der Waals surface area contributed by atoms with E-state index in [1.807, 2.05) is 6.07 Å². The molecule has 0 unspecified atom stereocenters. The largest absolute Gasteiger partial charge is 0.265 e. The van der Waals surface area contributed by atoms with Crippen LogP contribution in [-0.4, -0.2) is 46.6 Å². The van der Waals surface area contributed by atoms with Crippen molar-refractivity contribution in [2.75, 3.05) is 19.3 Å². The number of sulfonamides is 1. The van der Waals surface area contributed by atoms with Crippen LogP contribution in [0, 0.1) is 11.3 Å². The number of hydrogen-bond acceptors (Lipinski definition) is 6. The summed E-state index contributed by atoms with van der Waals surface area (Å²) in [7, 11) is -7.70. The molecular formula is C13H13ClN2O5S2. The summed E-state index contributed by atoms with van der Waals surface area (Å²) in [6, 6.07) is 5.70. The number of benzene rings is 1. The second-order valence-electron chi connectivity index (χ2n) is 5.00. The molecule has 0 N–H and O–H groups in total. The molecule has 1 atom stereocenters. The summed E-state index contributed by atoms with van der Waals surface area (Å²) in [4.78, 5) is -0.161. The van der Waals surface area contributed by atoms with Crippen LogP contribution in [0.2, 0.25) is 5.02 Å². The summed E-state index contributed by atoms with van der Waals surface area (Å²) in [5.74, 6) is 0. The average Bonchev–Trinajstić information content (AvgIpc) is 2.78. The third kappa shape index (κ3) is 3.91. The van der Waals surface area contributed by atoms with Gasteiger partial charge >= 0.3 is 0 Å². The van der Waals surface area contributed by atoms with Crippen LogP contribution in [0.3, 0.4) is 0 Å². The average molecular weight is 377 g/mol. The van der Waals surface area contributed by atoms with Gasteiger partial charge in [0, 0.05) is 13.1 Å². The molecule has 1 fully saturated rings. The summed E-state index contributed by atoms with van der Waals surface area (Å²) in [6.45, 7) is 3.41. The fourth-order valence-electron chi connectivity index (χ4n) is 2.12. The van der Waals surface area contributed by atoms with Gasteiger partial charge in [-0.1, -0.05) is 18.2 Å². The Bertz CT molecular complexity index is 903. The normalized spacial score (nSPS) is 19.7. The Morgan fingerprint density at radius 1 is 1.39 bits per heavy atom. The van der Waals surface area contributed by atoms with Gasteiger partial charge in [0.05, 0.1) is 22.9 Å². The summed E-state index contributed by atoms with van der Waals surface area (Å²) in [5.41, 5.74) is 0.571. The second kappa shape index (κ2) is 6.22. The van der Waals surface area contributed by atoms with Crippen molar-refractivity contribution in [3.05, 3.63) is 40.9 Å². The molecule has 0 aliphatic carbocycles. The van der Waals surface area contributed by atoms with E-state index in [4.69, 9.17) is 21.0 Å². The third-order valence-electron chi connectivity index (χ3n) is 3.17. The lowest BCUT2D eigenvalue weighted by molar-refractivity contribution is 0.250. The number of rotatable bonds is 4. The number of hydrogen-bond donors (Lipinski definition) is 0. The van der Waals surface area contributed by atoms with Crippen LogP contribution < -0.4 is 0 Å². The monoisotopic (exact) mass is 376 g/mol. The molecule has 1 aliphatic rings. The molecule has 7 nitrogen and oxygen atoms in total. The van der Waals surface area contributed by atoms with Gasteiger partial charge in [-0.15, -0.1) is 0 Å². The first kappa shape index (κ1) is 17.9. The topological polar surface area (TPSA) is 105 Å². The van der Waals surface area contributed by atoms with Crippen molar-refractivity contribution in [1.82, 2.24) is 4.31 Å². The van der Waals surface area contributed by atoms with Crippen molar-refractivity contribution in [2.45, 2.75) is 11.0 Å². The number of nitriles is 1. The Labute approximate surface area is 139 Å². The standard InChI is InChI=1S/C13H13ClN2O5S2/c1-9-7-16(8-12(9)21-22(2,17)18)23(19,20)13-4-3-10(6-15)5-11(13)14/h3-5,12H,1,7-8H2,2H3/t12-/m1/s1. The van der Waals surface area contributed by atoms with Crippen LogP contribution in [-0.2, 0) is 24.3 Å². The highest BCUT2D eigenvalue weighted by Crippen LogP contribution is 2.30. The third-order valence-corrected chi connectivity index (χ3v) is 6.05. The van der Waals surface area contributed by atoms with E-state index in [2.05, 4.69) is 6.58 Å². The predicted octanol–water partition coefficient (Wildman–Crippen LogP) is 1.12. The van der Waals surface area contributed by atoms with Gasteiger partial charge in [-0.25, -0.2) is 8.42 Å². The SMILES string of the molecule is C=C1CN(S(=O)(=O)c2ccc(C#N)cc2Cl)C[C@H]1OS(C)(=O)=O. The van der Waals surface area contributed by atoms with E-state index >= 15 is 0 Å². The van der Waals surface area contributed by atoms with Gasteiger partial charge < -0.3 is 0 Å². The molecule has 23 heavy (non-hydrogen) atoms. The number of halogens is 1. The van der Waals surface area contributed by atoms with Crippen molar-refractivity contribution in [1.29, 1.82) is 5.26 Å². The van der Waals surface area contributed by atoms with Crippen molar-refractivity contribution in [3.63, 3.8) is 0 Å². The zero-order valence-electron chi connectivity index (χ0n) is 12.1. The molecule has 0 radical (unpaired) electrons. The Morgan fingerprint density at radius 3 is 2.57 bits per heavy atom. The lowest BCUT2D eigenvalue weighted by Crippen LogP contribution is -2.31. The molecule has 0 spiro atoms. The molecule has 10 heteroatoms. The first-order valence-electron chi connectivity index (χ1n) is 6.30. The van der Waals surface area contributed by atoms with Crippen molar-refractivity contribution in [2.24, 2.45) is 0 Å². The van der Waals surface area contributed by atoms with Crippen LogP contribution in [0.15, 0.2) is 35.2 Å². The first-order chi connectivity index (χ1) is 10.5. The smallest absolute Gasteiger partial charge is 0.261 e. The van der Waals surface area contributed by atoms with E-state index in [0.29, 0.717) is 5.57 Å². The Hall–Kier alpha value is -1.44. The molecule has 124 valence electrons. The van der Waals surface area contributed by atoms with Gasteiger partial charge in [0.2, 0.25) is 10.0 Å². The summed E-state index contributed by atoms with van der Waals surface area (Å²) in [5, 5.41) is 8.71. The lowest BCUT2D eigenvalue weighted by atomic mass is 10.2. The summed E-state index contributed by atoms with van der Waals surface area (Å²) in [6.07, 6.45) is -0.0495. The molecule has 1 aromatic carbocycles. The molecule has 2 rings (SSSR count). The Kier molecular flexibility index (Phi) is 4.84. The van der Waals surface area contributed by atoms with Crippen LogP contribution in [0.5, 0.6) is 0 Å². The highest BCUT2D eigenvalue weighted by atomic mass is 35.5. The van der Waals surface area contributed by atoms with Crippen LogP contribution in [0.4, 0.5) is 0 Å². The molecule has 0 bridgehead atoms. The summed E-state index contributed by atoms with van der Waals surface area (Å²) >= 11 is 5.94. The van der Waals surface area contributed by atoms with E-state index in [1.165, 1.54) is 18.2 Å². The maximum absolute atomic E-state index is 12.6. The van der Waals surface area contributed by atoms with Gasteiger partial charge in [-0.05, 0) is 23.8 Å². The minimum atomic E-state index is -3.96. The van der Waals surface area contributed by atoms with E-state index in [-0.39, 0.29) is 28.6 Å². The van der Waals surface area contributed by atoms with Gasteiger partial charge in [-0.3, -0.25) is 4.18 Å². The van der Waals surface area contributed by atoms with Crippen molar-refractivity contribution < 1.29 is 21.0 Å². The van der Waals surface area contributed by atoms with E-state index < -0.39 is 26.2 Å². The maximum atomic E-state index is 12.6. The first-order valence-corrected chi connectivity index (χ1v) is 9.94. The molecule has 0 aromatic heterocycles. The van der Waals surface area contributed by atoms with Gasteiger partial charge in [0.1, 0.15) is 11.0 Å². The molecular weight excluding hydrogens is 364 g/mol. The highest BCUT2D eigenvalue weighted by molar-refractivity contribution is 7.89. The van der Waals surface area contributed by atoms with Gasteiger partial charge in [-0.2, -0.15) is 18.0 Å². The Balaban J connectivity index is 2.32. The van der Waals surface area contributed by atoms with Crippen LogP contribution in [0.1, 0.15) is 5.56 Å². The van der Waals surface area contributed by atoms with Crippen LogP contribution >= 0.6 is 11.6 Å². The zero-order valence-corrected chi connectivity index (χ0v) is 14.4. The van der Waals surface area contributed by atoms with Gasteiger partial charge in [0.25, 0.3) is 10.1 Å². The molecule has 0 saturated carbocycles. The molecule has 0 amide bonds.